The highest BCUT2D eigenvalue weighted by Crippen LogP contribution is 2.28. The molecule has 0 spiro atoms. The summed E-state index contributed by atoms with van der Waals surface area (Å²) >= 11 is 0. The summed E-state index contributed by atoms with van der Waals surface area (Å²) in [5, 5.41) is 5.69. The lowest BCUT2D eigenvalue weighted by atomic mass is 10.2. The molecule has 0 bridgehead atoms. The van der Waals surface area contributed by atoms with E-state index >= 15 is 0 Å². The van der Waals surface area contributed by atoms with Crippen LogP contribution in [0.5, 0.6) is 0 Å². The number of fused-ring (bicyclic) bond motifs is 1. The van der Waals surface area contributed by atoms with Gasteiger partial charge in [-0.3, -0.25) is 9.69 Å². The van der Waals surface area contributed by atoms with Crippen LogP contribution >= 0.6 is 0 Å². The number of carbonyl (C=O) groups is 1. The van der Waals surface area contributed by atoms with E-state index in [0.29, 0.717) is 11.7 Å². The molecular formula is C18H14N4O. The highest BCUT2D eigenvalue weighted by atomic mass is 16.2. The topological polar surface area (TPSA) is 48.3 Å². The van der Waals surface area contributed by atoms with Crippen LogP contribution in [0.4, 0.5) is 5.69 Å². The number of carbonyl (C=O) groups excluding carboxylic acids is 1. The van der Waals surface area contributed by atoms with E-state index in [9.17, 15) is 4.79 Å². The number of rotatable bonds is 2. The third-order valence-corrected chi connectivity index (χ3v) is 3.71. The first-order valence-electron chi connectivity index (χ1n) is 7.34. The minimum Gasteiger partial charge on any atom is -0.265 e. The van der Waals surface area contributed by atoms with Gasteiger partial charge in [0.15, 0.2) is 0 Å². The quantitative estimate of drug-likeness (QED) is 0.800. The Morgan fingerprint density at radius 1 is 0.957 bits per heavy atom. The first-order valence-corrected chi connectivity index (χ1v) is 7.34. The van der Waals surface area contributed by atoms with E-state index < -0.39 is 0 Å². The van der Waals surface area contributed by atoms with E-state index in [1.54, 1.807) is 6.08 Å². The lowest BCUT2D eigenvalue weighted by Crippen LogP contribution is -2.35. The summed E-state index contributed by atoms with van der Waals surface area (Å²) in [6, 6.07) is 19.5. The average molecular weight is 302 g/mol. The van der Waals surface area contributed by atoms with Gasteiger partial charge >= 0.3 is 0 Å². The molecule has 0 atom stereocenters. The van der Waals surface area contributed by atoms with Crippen molar-refractivity contribution < 1.29 is 4.79 Å². The van der Waals surface area contributed by atoms with E-state index in [1.165, 1.54) is 5.01 Å². The number of hydrogen-bond donors (Lipinski definition) is 0. The molecule has 5 nitrogen and oxygen atoms in total. The van der Waals surface area contributed by atoms with Gasteiger partial charge in [0.2, 0.25) is 5.96 Å². The van der Waals surface area contributed by atoms with Gasteiger partial charge < -0.3 is 0 Å². The fourth-order valence-corrected chi connectivity index (χ4v) is 2.65. The Bertz CT molecular complexity index is 853. The average Bonchev–Trinajstić information content (AvgIpc) is 3.05. The Labute approximate surface area is 133 Å². The second kappa shape index (κ2) is 5.21. The summed E-state index contributed by atoms with van der Waals surface area (Å²) in [6.45, 7) is 1.86. The molecule has 2 aliphatic heterocycles. The van der Waals surface area contributed by atoms with Crippen LogP contribution in [-0.4, -0.2) is 22.7 Å². The van der Waals surface area contributed by atoms with Gasteiger partial charge in [0.25, 0.3) is 5.91 Å². The molecule has 2 aliphatic rings. The number of amidine groups is 1. The summed E-state index contributed by atoms with van der Waals surface area (Å²) in [7, 11) is 0. The van der Waals surface area contributed by atoms with Crippen LogP contribution in [0.1, 0.15) is 12.5 Å². The summed E-state index contributed by atoms with van der Waals surface area (Å²) < 4.78 is 0. The maximum Gasteiger partial charge on any atom is 0.300 e. The minimum atomic E-state index is -0.207. The monoisotopic (exact) mass is 302 g/mol. The predicted octanol–water partition coefficient (Wildman–Crippen LogP) is 3.08. The molecule has 0 unspecified atom stereocenters. The van der Waals surface area contributed by atoms with E-state index in [1.807, 2.05) is 72.5 Å². The molecule has 0 N–H and O–H groups in total. The van der Waals surface area contributed by atoms with Crippen LogP contribution in [0, 0.1) is 0 Å². The number of benzene rings is 2. The van der Waals surface area contributed by atoms with Crippen molar-refractivity contribution in [2.45, 2.75) is 6.92 Å². The number of nitrogens with zero attached hydrogens (tertiary/aromatic N) is 4. The van der Waals surface area contributed by atoms with Crippen molar-refractivity contribution in [3.63, 3.8) is 0 Å². The first kappa shape index (κ1) is 13.5. The number of amides is 1. The second-order valence-electron chi connectivity index (χ2n) is 5.29. The number of anilines is 1. The van der Waals surface area contributed by atoms with Gasteiger partial charge in [-0.25, -0.2) is 4.99 Å². The SMILES string of the molecule is CC1=NN2C(=O)/C(=C/c3ccccc3)N=C2N1c1ccccc1. The molecule has 2 aromatic rings. The Hall–Kier alpha value is -3.21. The molecule has 2 heterocycles. The highest BCUT2D eigenvalue weighted by Gasteiger charge is 2.40. The maximum atomic E-state index is 12.5. The fraction of sp³-hybridized carbons (Fsp3) is 0.0556. The van der Waals surface area contributed by atoms with Gasteiger partial charge in [-0.15, -0.1) is 5.10 Å². The smallest absolute Gasteiger partial charge is 0.265 e. The predicted molar refractivity (Wildman–Crippen MR) is 90.7 cm³/mol. The van der Waals surface area contributed by atoms with Crippen LogP contribution in [0.15, 0.2) is 76.5 Å². The van der Waals surface area contributed by atoms with Crippen molar-refractivity contribution in [2.24, 2.45) is 10.1 Å². The normalized spacial score (nSPS) is 18.3. The molecule has 0 aromatic heterocycles. The van der Waals surface area contributed by atoms with Crippen LogP contribution in [0.3, 0.4) is 0 Å². The molecule has 5 heteroatoms. The fourth-order valence-electron chi connectivity index (χ4n) is 2.65. The number of guanidine groups is 1. The van der Waals surface area contributed by atoms with Crippen LogP contribution in [0.25, 0.3) is 6.08 Å². The number of hydrogen-bond acceptors (Lipinski definition) is 4. The number of hydrazone groups is 1. The lowest BCUT2D eigenvalue weighted by molar-refractivity contribution is -0.122. The molecule has 1 amide bonds. The largest absolute Gasteiger partial charge is 0.300 e. The van der Waals surface area contributed by atoms with Gasteiger partial charge in [-0.1, -0.05) is 48.5 Å². The molecule has 0 saturated carbocycles. The van der Waals surface area contributed by atoms with Gasteiger partial charge in [0.1, 0.15) is 11.5 Å². The van der Waals surface area contributed by atoms with Crippen molar-refractivity contribution in [3.05, 3.63) is 71.9 Å². The molecule has 2 aromatic carbocycles. The van der Waals surface area contributed by atoms with Crippen LogP contribution < -0.4 is 4.90 Å². The van der Waals surface area contributed by atoms with Gasteiger partial charge in [0, 0.05) is 0 Å². The van der Waals surface area contributed by atoms with Crippen molar-refractivity contribution in [3.8, 4) is 0 Å². The van der Waals surface area contributed by atoms with E-state index in [4.69, 9.17) is 0 Å². The number of para-hydroxylation sites is 1. The summed E-state index contributed by atoms with van der Waals surface area (Å²) in [4.78, 5) is 18.9. The first-order chi connectivity index (χ1) is 11.2. The van der Waals surface area contributed by atoms with Crippen molar-refractivity contribution in [1.82, 2.24) is 5.01 Å². The van der Waals surface area contributed by atoms with E-state index in [2.05, 4.69) is 10.1 Å². The zero-order chi connectivity index (χ0) is 15.8. The summed E-state index contributed by atoms with van der Waals surface area (Å²) in [5.74, 6) is 1.05. The van der Waals surface area contributed by atoms with Crippen molar-refractivity contribution in [2.75, 3.05) is 4.90 Å². The molecule has 0 aliphatic carbocycles. The van der Waals surface area contributed by atoms with Crippen molar-refractivity contribution in [1.29, 1.82) is 0 Å². The summed E-state index contributed by atoms with van der Waals surface area (Å²) in [5.41, 5.74) is 2.26. The second-order valence-corrected chi connectivity index (χ2v) is 5.29. The van der Waals surface area contributed by atoms with E-state index in [-0.39, 0.29) is 5.91 Å². The highest BCUT2D eigenvalue weighted by molar-refractivity contribution is 6.29. The third kappa shape index (κ3) is 2.23. The van der Waals surface area contributed by atoms with Crippen molar-refractivity contribution >= 4 is 29.5 Å². The minimum absolute atomic E-state index is 0.207. The lowest BCUT2D eigenvalue weighted by Gasteiger charge is -2.17. The Balaban J connectivity index is 1.74. The van der Waals surface area contributed by atoms with Gasteiger partial charge in [0.05, 0.1) is 5.69 Å². The molecule has 0 saturated heterocycles. The van der Waals surface area contributed by atoms with Crippen LogP contribution in [-0.2, 0) is 4.79 Å². The molecule has 23 heavy (non-hydrogen) atoms. The van der Waals surface area contributed by atoms with E-state index in [0.717, 1.165) is 17.1 Å². The Morgan fingerprint density at radius 2 is 1.61 bits per heavy atom. The molecule has 0 fully saturated rings. The zero-order valence-electron chi connectivity index (χ0n) is 12.5. The molecule has 4 rings (SSSR count). The molecular weight excluding hydrogens is 288 g/mol. The van der Waals surface area contributed by atoms with Gasteiger partial charge in [-0.2, -0.15) is 5.01 Å². The maximum absolute atomic E-state index is 12.5. The standard InChI is InChI=1S/C18H14N4O/c1-13-20-22-17(23)16(12-14-8-4-2-5-9-14)19-18(22)21(13)15-10-6-3-7-11-15/h2-12H,1H3/b16-12-. The van der Waals surface area contributed by atoms with Gasteiger partial charge in [-0.05, 0) is 30.7 Å². The number of aliphatic imine (C=N–C) groups is 1. The Morgan fingerprint density at radius 3 is 2.30 bits per heavy atom. The zero-order valence-corrected chi connectivity index (χ0v) is 12.5. The summed E-state index contributed by atoms with van der Waals surface area (Å²) in [6.07, 6.45) is 1.78. The Kier molecular flexibility index (Phi) is 3.05. The van der Waals surface area contributed by atoms with Crippen LogP contribution in [0.2, 0.25) is 0 Å². The molecule has 0 radical (unpaired) electrons. The molecule has 112 valence electrons. The third-order valence-electron chi connectivity index (χ3n) is 3.71.